The van der Waals surface area contributed by atoms with E-state index in [-0.39, 0.29) is 5.41 Å². The molecule has 0 amide bonds. The van der Waals surface area contributed by atoms with Crippen LogP contribution in [0, 0.1) is 0 Å². The van der Waals surface area contributed by atoms with Gasteiger partial charge in [-0.25, -0.2) is 0 Å². The Hall–Kier alpha value is -2.00. The van der Waals surface area contributed by atoms with E-state index < -0.39 is 0 Å². The normalized spacial score (nSPS) is 11.4. The number of ether oxygens (including phenoxy) is 2. The highest BCUT2D eigenvalue weighted by Gasteiger charge is 2.19. The van der Waals surface area contributed by atoms with Crippen LogP contribution in [0.5, 0.6) is 11.5 Å². The largest absolute Gasteiger partial charge is 0.490 e. The number of benzene rings is 2. The number of hydrogen-bond acceptors (Lipinski definition) is 3. The zero-order valence-corrected chi connectivity index (χ0v) is 15.3. The maximum absolute atomic E-state index is 6.00. The molecule has 3 nitrogen and oxygen atoms in total. The lowest BCUT2D eigenvalue weighted by Crippen LogP contribution is -2.16. The number of para-hydroxylation sites is 1. The van der Waals surface area contributed by atoms with Crippen LogP contribution in [0.2, 0.25) is 0 Å². The molecule has 0 fully saturated rings. The fourth-order valence-electron chi connectivity index (χ4n) is 2.63. The second-order valence-corrected chi connectivity index (χ2v) is 6.94. The molecule has 0 saturated heterocycles. The van der Waals surface area contributed by atoms with Crippen LogP contribution in [0.3, 0.4) is 0 Å². The van der Waals surface area contributed by atoms with Gasteiger partial charge in [-0.2, -0.15) is 0 Å². The first-order valence-electron chi connectivity index (χ1n) is 8.62. The van der Waals surface area contributed by atoms with Gasteiger partial charge in [-0.3, -0.25) is 0 Å². The van der Waals surface area contributed by atoms with Crippen LogP contribution in [-0.2, 0) is 18.4 Å². The molecule has 0 aromatic heterocycles. The highest BCUT2D eigenvalue weighted by Crippen LogP contribution is 2.32. The first-order chi connectivity index (χ1) is 11.5. The third-order valence-corrected chi connectivity index (χ3v) is 4.05. The molecular formula is C21H29NO2. The van der Waals surface area contributed by atoms with E-state index in [9.17, 15) is 0 Å². The van der Waals surface area contributed by atoms with Crippen LogP contribution >= 0.6 is 0 Å². The van der Waals surface area contributed by atoms with Crippen molar-refractivity contribution in [3.05, 3.63) is 59.2 Å². The average molecular weight is 327 g/mol. The molecule has 2 aromatic carbocycles. The van der Waals surface area contributed by atoms with Crippen molar-refractivity contribution in [3.8, 4) is 11.5 Å². The van der Waals surface area contributed by atoms with Crippen LogP contribution < -0.4 is 15.2 Å². The zero-order valence-electron chi connectivity index (χ0n) is 15.3. The van der Waals surface area contributed by atoms with Gasteiger partial charge in [0, 0.05) is 12.1 Å². The van der Waals surface area contributed by atoms with Crippen LogP contribution in [-0.4, -0.2) is 13.2 Å². The molecule has 0 saturated carbocycles. The molecule has 24 heavy (non-hydrogen) atoms. The number of aryl methyl sites for hydroxylation is 1. The van der Waals surface area contributed by atoms with Crippen molar-refractivity contribution >= 4 is 0 Å². The highest BCUT2D eigenvalue weighted by atomic mass is 16.5. The fourth-order valence-corrected chi connectivity index (χ4v) is 2.63. The lowest BCUT2D eigenvalue weighted by molar-refractivity contribution is 0.213. The summed E-state index contributed by atoms with van der Waals surface area (Å²) in [6.07, 6.45) is 1.03. The summed E-state index contributed by atoms with van der Waals surface area (Å²) in [7, 11) is 0. The fraction of sp³-hybridized carbons (Fsp3) is 0.429. The summed E-state index contributed by atoms with van der Waals surface area (Å²) in [5.41, 5.74) is 9.37. The highest BCUT2D eigenvalue weighted by molar-refractivity contribution is 5.41. The minimum absolute atomic E-state index is 0.0491. The maximum Gasteiger partial charge on any atom is 0.123 e. The molecule has 0 spiro atoms. The smallest absolute Gasteiger partial charge is 0.123 e. The van der Waals surface area contributed by atoms with Crippen molar-refractivity contribution in [2.75, 3.05) is 13.2 Å². The summed E-state index contributed by atoms with van der Waals surface area (Å²) >= 11 is 0. The van der Waals surface area contributed by atoms with Gasteiger partial charge in [0.2, 0.25) is 0 Å². The average Bonchev–Trinajstić information content (AvgIpc) is 2.58. The number of nitrogens with two attached hydrogens (primary N) is 1. The van der Waals surface area contributed by atoms with Crippen molar-refractivity contribution in [1.29, 1.82) is 0 Å². The Kier molecular flexibility index (Phi) is 6.27. The molecular weight excluding hydrogens is 298 g/mol. The van der Waals surface area contributed by atoms with Crippen LogP contribution in [0.15, 0.2) is 42.5 Å². The van der Waals surface area contributed by atoms with E-state index in [1.807, 2.05) is 24.3 Å². The first-order valence-corrected chi connectivity index (χ1v) is 8.62. The summed E-state index contributed by atoms with van der Waals surface area (Å²) in [4.78, 5) is 0. The van der Waals surface area contributed by atoms with Gasteiger partial charge in [0.05, 0.1) is 0 Å². The van der Waals surface area contributed by atoms with E-state index in [4.69, 9.17) is 15.2 Å². The monoisotopic (exact) mass is 327 g/mol. The summed E-state index contributed by atoms with van der Waals surface area (Å²) in [6, 6.07) is 14.3. The Balaban J connectivity index is 1.99. The van der Waals surface area contributed by atoms with Crippen molar-refractivity contribution in [2.24, 2.45) is 5.73 Å². The molecule has 0 radical (unpaired) electrons. The predicted molar refractivity (Wildman–Crippen MR) is 99.8 cm³/mol. The van der Waals surface area contributed by atoms with Gasteiger partial charge in [-0.15, -0.1) is 0 Å². The van der Waals surface area contributed by atoms with Gasteiger partial charge in [0.15, 0.2) is 0 Å². The van der Waals surface area contributed by atoms with Crippen molar-refractivity contribution < 1.29 is 9.47 Å². The minimum atomic E-state index is 0.0491. The number of rotatable bonds is 7. The molecule has 3 heteroatoms. The molecule has 2 aromatic rings. The summed E-state index contributed by atoms with van der Waals surface area (Å²) in [6.45, 7) is 10.3. The second-order valence-electron chi connectivity index (χ2n) is 6.94. The van der Waals surface area contributed by atoms with Gasteiger partial charge in [0.25, 0.3) is 0 Å². The van der Waals surface area contributed by atoms with Gasteiger partial charge in [-0.05, 0) is 35.1 Å². The Morgan fingerprint density at radius 3 is 2.21 bits per heavy atom. The lowest BCUT2D eigenvalue weighted by atomic mass is 9.85. The maximum atomic E-state index is 6.00. The van der Waals surface area contributed by atoms with E-state index in [0.717, 1.165) is 23.5 Å². The van der Waals surface area contributed by atoms with E-state index in [1.165, 1.54) is 11.1 Å². The Morgan fingerprint density at radius 1 is 0.917 bits per heavy atom. The molecule has 0 aliphatic heterocycles. The molecule has 0 aliphatic carbocycles. The molecule has 0 atom stereocenters. The Morgan fingerprint density at radius 2 is 1.58 bits per heavy atom. The third kappa shape index (κ3) is 4.75. The quantitative estimate of drug-likeness (QED) is 0.763. The molecule has 2 N–H and O–H groups in total. The molecule has 130 valence electrons. The van der Waals surface area contributed by atoms with Gasteiger partial charge in [0.1, 0.15) is 24.7 Å². The summed E-state index contributed by atoms with van der Waals surface area (Å²) < 4.78 is 11.8. The molecule has 0 heterocycles. The van der Waals surface area contributed by atoms with Gasteiger partial charge >= 0.3 is 0 Å². The van der Waals surface area contributed by atoms with E-state index in [1.54, 1.807) is 0 Å². The SMILES string of the molecule is CCc1ccc(OCCOc2ccccc2CN)c(C(C)(C)C)c1. The van der Waals surface area contributed by atoms with Crippen molar-refractivity contribution in [2.45, 2.75) is 46.1 Å². The van der Waals surface area contributed by atoms with Gasteiger partial charge in [-0.1, -0.05) is 58.0 Å². The van der Waals surface area contributed by atoms with Crippen molar-refractivity contribution in [3.63, 3.8) is 0 Å². The zero-order chi connectivity index (χ0) is 17.6. The van der Waals surface area contributed by atoms with E-state index in [0.29, 0.717) is 19.8 Å². The molecule has 0 aliphatic rings. The van der Waals surface area contributed by atoms with E-state index in [2.05, 4.69) is 45.9 Å². The third-order valence-electron chi connectivity index (χ3n) is 4.05. The van der Waals surface area contributed by atoms with Gasteiger partial charge < -0.3 is 15.2 Å². The van der Waals surface area contributed by atoms with Crippen LogP contribution in [0.25, 0.3) is 0 Å². The molecule has 2 rings (SSSR count). The second kappa shape index (κ2) is 8.20. The van der Waals surface area contributed by atoms with Crippen LogP contribution in [0.4, 0.5) is 0 Å². The first kappa shape index (κ1) is 18.3. The number of hydrogen-bond donors (Lipinski definition) is 1. The van der Waals surface area contributed by atoms with E-state index >= 15 is 0 Å². The Bertz CT molecular complexity index is 659. The lowest BCUT2D eigenvalue weighted by Gasteiger charge is -2.24. The summed E-state index contributed by atoms with van der Waals surface area (Å²) in [5.74, 6) is 1.77. The van der Waals surface area contributed by atoms with Crippen LogP contribution in [0.1, 0.15) is 44.4 Å². The predicted octanol–water partition coefficient (Wildman–Crippen LogP) is 4.46. The Labute approximate surface area is 145 Å². The molecule has 0 unspecified atom stereocenters. The minimum Gasteiger partial charge on any atom is -0.490 e. The molecule has 0 bridgehead atoms. The topological polar surface area (TPSA) is 44.5 Å². The van der Waals surface area contributed by atoms with Crippen molar-refractivity contribution in [1.82, 2.24) is 0 Å². The summed E-state index contributed by atoms with van der Waals surface area (Å²) in [5, 5.41) is 0. The standard InChI is InChI=1S/C21H29NO2/c1-5-16-10-11-20(18(14-16)21(2,3)4)24-13-12-23-19-9-7-6-8-17(19)15-22/h6-11,14H,5,12-13,15,22H2,1-4H3.